The Morgan fingerprint density at radius 3 is 2.91 bits per heavy atom. The number of rotatable bonds is 3. The van der Waals surface area contributed by atoms with Crippen molar-refractivity contribution in [1.82, 2.24) is 0 Å². The Kier molecular flexibility index (Phi) is 3.27. The number of hydrogen-bond acceptors (Lipinski definition) is 2. The van der Waals surface area contributed by atoms with Crippen LogP contribution in [0.2, 0.25) is 0 Å². The van der Waals surface area contributed by atoms with Crippen molar-refractivity contribution in [3.05, 3.63) is 0 Å². The molecule has 1 aliphatic rings. The highest BCUT2D eigenvalue weighted by molar-refractivity contribution is 5.81. The largest absolute Gasteiger partial charge is 0.303 e. The normalized spacial score (nSPS) is 25.1. The second-order valence-corrected chi connectivity index (χ2v) is 3.15. The van der Waals surface area contributed by atoms with Crippen LogP contribution >= 0.6 is 0 Å². The van der Waals surface area contributed by atoms with Crippen LogP contribution in [-0.4, -0.2) is 12.1 Å². The molecule has 0 heterocycles. The van der Waals surface area contributed by atoms with Crippen molar-refractivity contribution < 1.29 is 9.59 Å². The van der Waals surface area contributed by atoms with E-state index in [1.54, 1.807) is 0 Å². The molecule has 1 unspecified atom stereocenters. The fraction of sp³-hybridized carbons (Fsp3) is 0.778. The first-order chi connectivity index (χ1) is 5.34. The van der Waals surface area contributed by atoms with Crippen molar-refractivity contribution >= 4 is 12.1 Å². The Morgan fingerprint density at radius 1 is 1.45 bits per heavy atom. The molecule has 0 aromatic heterocycles. The third-order valence-corrected chi connectivity index (χ3v) is 2.31. The quantitative estimate of drug-likeness (QED) is 0.580. The van der Waals surface area contributed by atoms with Gasteiger partial charge in [0.05, 0.1) is 0 Å². The zero-order chi connectivity index (χ0) is 8.10. The number of aldehydes is 1. The van der Waals surface area contributed by atoms with Crippen LogP contribution < -0.4 is 0 Å². The molecule has 0 spiro atoms. The van der Waals surface area contributed by atoms with Crippen LogP contribution in [0.5, 0.6) is 0 Å². The van der Waals surface area contributed by atoms with Gasteiger partial charge in [0.15, 0.2) is 0 Å². The first-order valence-electron chi connectivity index (χ1n) is 4.31. The molecule has 62 valence electrons. The molecule has 0 N–H and O–H groups in total. The van der Waals surface area contributed by atoms with Gasteiger partial charge < -0.3 is 4.79 Å². The predicted octanol–water partition coefficient (Wildman–Crippen LogP) is 1.72. The summed E-state index contributed by atoms with van der Waals surface area (Å²) in [6.45, 7) is 0. The Balaban J connectivity index is 2.29. The van der Waals surface area contributed by atoms with E-state index in [0.717, 1.165) is 38.4 Å². The fourth-order valence-electron chi connectivity index (χ4n) is 1.63. The highest BCUT2D eigenvalue weighted by atomic mass is 16.1. The van der Waals surface area contributed by atoms with Gasteiger partial charge in [0.25, 0.3) is 0 Å². The smallest absolute Gasteiger partial charge is 0.135 e. The van der Waals surface area contributed by atoms with Crippen molar-refractivity contribution in [2.75, 3.05) is 0 Å². The lowest BCUT2D eigenvalue weighted by atomic mass is 9.85. The summed E-state index contributed by atoms with van der Waals surface area (Å²) in [4.78, 5) is 21.2. The summed E-state index contributed by atoms with van der Waals surface area (Å²) in [5, 5.41) is 0. The lowest BCUT2D eigenvalue weighted by Gasteiger charge is -2.18. The highest BCUT2D eigenvalue weighted by Crippen LogP contribution is 2.23. The van der Waals surface area contributed by atoms with E-state index in [-0.39, 0.29) is 5.92 Å². The number of carbonyl (C=O) groups is 2. The van der Waals surface area contributed by atoms with Crippen LogP contribution in [0.3, 0.4) is 0 Å². The molecule has 0 aromatic rings. The Hall–Kier alpha value is -0.660. The Bertz CT molecular complexity index is 152. The van der Waals surface area contributed by atoms with E-state index >= 15 is 0 Å². The summed E-state index contributed by atoms with van der Waals surface area (Å²) in [6.07, 6.45) is 6.20. The molecule has 1 atom stereocenters. The van der Waals surface area contributed by atoms with E-state index < -0.39 is 0 Å². The maximum Gasteiger partial charge on any atom is 0.135 e. The van der Waals surface area contributed by atoms with Gasteiger partial charge in [0.1, 0.15) is 12.1 Å². The van der Waals surface area contributed by atoms with Crippen molar-refractivity contribution in [2.45, 2.75) is 38.5 Å². The Morgan fingerprint density at radius 2 is 2.27 bits per heavy atom. The van der Waals surface area contributed by atoms with Crippen molar-refractivity contribution in [1.29, 1.82) is 0 Å². The summed E-state index contributed by atoms with van der Waals surface area (Å²) in [6, 6.07) is 0. The van der Waals surface area contributed by atoms with Crippen molar-refractivity contribution in [3.63, 3.8) is 0 Å². The van der Waals surface area contributed by atoms with E-state index in [4.69, 9.17) is 0 Å². The first-order valence-corrected chi connectivity index (χ1v) is 4.31. The third kappa shape index (κ3) is 2.45. The maximum absolute atomic E-state index is 11.2. The van der Waals surface area contributed by atoms with Gasteiger partial charge in [-0.25, -0.2) is 0 Å². The average molecular weight is 154 g/mol. The van der Waals surface area contributed by atoms with Crippen molar-refractivity contribution in [2.24, 2.45) is 5.92 Å². The van der Waals surface area contributed by atoms with E-state index in [1.807, 2.05) is 0 Å². The first kappa shape index (κ1) is 8.44. The molecule has 2 heteroatoms. The molecule has 1 rings (SSSR count). The standard InChI is InChI=1S/C9H14O2/c10-7-3-5-8-4-1-2-6-9(8)11/h7-8H,1-6H2. The second-order valence-electron chi connectivity index (χ2n) is 3.15. The van der Waals surface area contributed by atoms with E-state index in [2.05, 4.69) is 0 Å². The lowest BCUT2D eigenvalue weighted by Crippen LogP contribution is -2.18. The van der Waals surface area contributed by atoms with Gasteiger partial charge in [-0.3, -0.25) is 4.79 Å². The maximum atomic E-state index is 11.2. The van der Waals surface area contributed by atoms with Gasteiger partial charge in [-0.05, 0) is 19.3 Å². The van der Waals surface area contributed by atoms with Crippen LogP contribution in [0, 0.1) is 5.92 Å². The molecular formula is C9H14O2. The van der Waals surface area contributed by atoms with Gasteiger partial charge in [-0.1, -0.05) is 6.42 Å². The SMILES string of the molecule is O=CCCC1CCCCC1=O. The molecule has 1 fully saturated rings. The number of Topliss-reactive ketones (excluding diaryl/α,β-unsaturated/α-hetero) is 1. The topological polar surface area (TPSA) is 34.1 Å². The Labute approximate surface area is 67.0 Å². The summed E-state index contributed by atoms with van der Waals surface area (Å²) >= 11 is 0. The van der Waals surface area contributed by atoms with E-state index in [1.165, 1.54) is 0 Å². The number of hydrogen-bond donors (Lipinski definition) is 0. The van der Waals surface area contributed by atoms with Gasteiger partial charge in [-0.2, -0.15) is 0 Å². The molecule has 11 heavy (non-hydrogen) atoms. The molecule has 0 radical (unpaired) electrons. The molecule has 0 saturated heterocycles. The fourth-order valence-corrected chi connectivity index (χ4v) is 1.63. The highest BCUT2D eigenvalue weighted by Gasteiger charge is 2.20. The molecule has 0 aliphatic heterocycles. The summed E-state index contributed by atoms with van der Waals surface area (Å²) in [5.74, 6) is 0.576. The molecule has 1 saturated carbocycles. The predicted molar refractivity (Wildman–Crippen MR) is 42.3 cm³/mol. The van der Waals surface area contributed by atoms with Crippen LogP contribution in [0.1, 0.15) is 38.5 Å². The molecular weight excluding hydrogens is 140 g/mol. The van der Waals surface area contributed by atoms with Crippen LogP contribution in [-0.2, 0) is 9.59 Å². The summed E-state index contributed by atoms with van der Waals surface area (Å²) in [7, 11) is 0. The minimum Gasteiger partial charge on any atom is -0.303 e. The average Bonchev–Trinajstić information content (AvgIpc) is 2.03. The van der Waals surface area contributed by atoms with E-state index in [9.17, 15) is 9.59 Å². The monoisotopic (exact) mass is 154 g/mol. The van der Waals surface area contributed by atoms with Gasteiger partial charge >= 0.3 is 0 Å². The van der Waals surface area contributed by atoms with Crippen LogP contribution in [0.25, 0.3) is 0 Å². The molecule has 0 aromatic carbocycles. The van der Waals surface area contributed by atoms with Crippen LogP contribution in [0.15, 0.2) is 0 Å². The van der Waals surface area contributed by atoms with Crippen LogP contribution in [0.4, 0.5) is 0 Å². The van der Waals surface area contributed by atoms with Gasteiger partial charge in [0.2, 0.25) is 0 Å². The third-order valence-electron chi connectivity index (χ3n) is 2.31. The minimum absolute atomic E-state index is 0.203. The molecule has 1 aliphatic carbocycles. The second kappa shape index (κ2) is 4.27. The van der Waals surface area contributed by atoms with E-state index in [0.29, 0.717) is 12.2 Å². The zero-order valence-electron chi connectivity index (χ0n) is 6.71. The summed E-state index contributed by atoms with van der Waals surface area (Å²) in [5.41, 5.74) is 0. The molecule has 0 bridgehead atoms. The van der Waals surface area contributed by atoms with Gasteiger partial charge in [0, 0.05) is 18.8 Å². The lowest BCUT2D eigenvalue weighted by molar-refractivity contribution is -0.124. The number of ketones is 1. The van der Waals surface area contributed by atoms with Crippen molar-refractivity contribution in [3.8, 4) is 0 Å². The number of carbonyl (C=O) groups excluding carboxylic acids is 2. The zero-order valence-corrected chi connectivity index (χ0v) is 6.71. The molecule has 0 amide bonds. The summed E-state index contributed by atoms with van der Waals surface area (Å²) < 4.78 is 0. The minimum atomic E-state index is 0.203. The molecule has 2 nitrogen and oxygen atoms in total. The van der Waals surface area contributed by atoms with Gasteiger partial charge in [-0.15, -0.1) is 0 Å².